The first kappa shape index (κ1) is 27.3. The summed E-state index contributed by atoms with van der Waals surface area (Å²) in [4.78, 5) is 18.3. The molecule has 12 heteroatoms. The van der Waals surface area contributed by atoms with E-state index in [4.69, 9.17) is 0 Å². The molecule has 1 aromatic heterocycles. The number of anilines is 1. The maximum atomic E-state index is 13.4. The van der Waals surface area contributed by atoms with Gasteiger partial charge in [0.15, 0.2) is 0 Å². The molecule has 2 amide bonds. The highest BCUT2D eigenvalue weighted by Gasteiger charge is 2.44. The van der Waals surface area contributed by atoms with E-state index in [1.54, 1.807) is 12.1 Å². The lowest BCUT2D eigenvalue weighted by atomic mass is 10.0. The van der Waals surface area contributed by atoms with E-state index in [1.807, 2.05) is 13.8 Å². The number of nitrogens with zero attached hydrogens (tertiary/aromatic N) is 3. The van der Waals surface area contributed by atoms with Gasteiger partial charge in [-0.3, -0.25) is 4.98 Å². The van der Waals surface area contributed by atoms with Crippen molar-refractivity contribution in [2.45, 2.75) is 62.7 Å². The number of hydrogen-bond donors (Lipinski definition) is 2. The molecule has 0 spiro atoms. The van der Waals surface area contributed by atoms with Crippen molar-refractivity contribution >= 4 is 21.7 Å². The van der Waals surface area contributed by atoms with Crippen molar-refractivity contribution in [3.05, 3.63) is 53.3 Å². The van der Waals surface area contributed by atoms with Crippen molar-refractivity contribution in [3.8, 4) is 0 Å². The molecule has 2 heterocycles. The summed E-state index contributed by atoms with van der Waals surface area (Å²) in [6.07, 6.45) is -2.02. The Morgan fingerprint density at radius 1 is 1.05 bits per heavy atom. The average molecular weight is 540 g/mol. The third-order valence-corrected chi connectivity index (χ3v) is 8.61. The monoisotopic (exact) mass is 539 g/mol. The van der Waals surface area contributed by atoms with Gasteiger partial charge in [-0.15, -0.1) is 0 Å². The third kappa shape index (κ3) is 6.99. The average Bonchev–Trinajstić information content (AvgIpc) is 3.64. The highest BCUT2D eigenvalue weighted by Crippen LogP contribution is 2.38. The lowest BCUT2D eigenvalue weighted by Gasteiger charge is -2.38. The highest BCUT2D eigenvalue weighted by molar-refractivity contribution is 7.89. The predicted molar refractivity (Wildman–Crippen MR) is 134 cm³/mol. The van der Waals surface area contributed by atoms with Gasteiger partial charge in [0.2, 0.25) is 10.0 Å². The second kappa shape index (κ2) is 11.0. The minimum atomic E-state index is -4.61. The number of alkyl halides is 3. The molecular formula is C25H32F3N5O3S. The van der Waals surface area contributed by atoms with Crippen molar-refractivity contribution in [2.24, 2.45) is 0 Å². The van der Waals surface area contributed by atoms with Gasteiger partial charge in [-0.1, -0.05) is 6.07 Å². The number of rotatable bonds is 8. The number of carbonyl (C=O) groups excluding carboxylic acids is 1. The van der Waals surface area contributed by atoms with E-state index in [9.17, 15) is 26.4 Å². The molecule has 37 heavy (non-hydrogen) atoms. The van der Waals surface area contributed by atoms with E-state index in [2.05, 4.69) is 20.5 Å². The molecule has 0 atom stereocenters. The third-order valence-electron chi connectivity index (χ3n) is 6.61. The van der Waals surface area contributed by atoms with Crippen LogP contribution in [0.15, 0.2) is 41.3 Å². The van der Waals surface area contributed by atoms with Gasteiger partial charge in [-0.05, 0) is 83.0 Å². The van der Waals surface area contributed by atoms with Crippen molar-refractivity contribution < 1.29 is 26.4 Å². The van der Waals surface area contributed by atoms with Crippen LogP contribution in [0.4, 0.5) is 23.7 Å². The van der Waals surface area contributed by atoms with Crippen molar-refractivity contribution in [1.82, 2.24) is 19.5 Å². The van der Waals surface area contributed by atoms with E-state index in [0.29, 0.717) is 57.5 Å². The number of carbonyl (C=O) groups is 1. The molecule has 0 radical (unpaired) electrons. The highest BCUT2D eigenvalue weighted by atomic mass is 32.2. The molecule has 2 fully saturated rings. The SMILES string of the molecule is Cc1cc(NC(=O)NCCN2CCC(N(C3CC3)S(=O)(=O)c3cccc(C(F)(F)F)c3)CC2)cc(C)n1. The smallest absolute Gasteiger partial charge is 0.337 e. The molecule has 0 bridgehead atoms. The fraction of sp³-hybridized carbons (Fsp3) is 0.520. The lowest BCUT2D eigenvalue weighted by molar-refractivity contribution is -0.137. The second-order valence-corrected chi connectivity index (χ2v) is 11.5. The van der Waals surface area contributed by atoms with E-state index in [1.165, 1.54) is 10.4 Å². The standard InChI is InChI=1S/C25H32F3N5O3S/c1-17-14-20(15-18(2)30-17)31-24(34)29-10-13-32-11-8-22(9-12-32)33(21-6-7-21)37(35,36)23-5-3-4-19(16-23)25(26,27)28/h3-5,14-16,21-22H,6-13H2,1-2H3,(H2,29,30,31,34). The largest absolute Gasteiger partial charge is 0.416 e. The molecule has 1 aromatic carbocycles. The number of nitrogens with one attached hydrogen (secondary N) is 2. The molecule has 2 aromatic rings. The number of halogens is 3. The van der Waals surface area contributed by atoms with Crippen LogP contribution >= 0.6 is 0 Å². The molecule has 2 aliphatic rings. The van der Waals surface area contributed by atoms with Crippen molar-refractivity contribution in [1.29, 1.82) is 0 Å². The molecular weight excluding hydrogens is 507 g/mol. The van der Waals surface area contributed by atoms with Crippen LogP contribution in [-0.4, -0.2) is 66.9 Å². The van der Waals surface area contributed by atoms with Crippen LogP contribution < -0.4 is 10.6 Å². The Hall–Kier alpha value is -2.70. The molecule has 1 aliphatic carbocycles. The molecule has 1 saturated carbocycles. The first-order chi connectivity index (χ1) is 17.4. The maximum Gasteiger partial charge on any atom is 0.416 e. The Morgan fingerprint density at radius 2 is 1.68 bits per heavy atom. The fourth-order valence-corrected chi connectivity index (χ4v) is 6.76. The summed E-state index contributed by atoms with van der Waals surface area (Å²) in [5, 5.41) is 5.63. The number of hydrogen-bond acceptors (Lipinski definition) is 5. The van der Waals surface area contributed by atoms with Crippen LogP contribution in [0.2, 0.25) is 0 Å². The molecule has 1 aliphatic heterocycles. The summed E-state index contributed by atoms with van der Waals surface area (Å²) in [5.41, 5.74) is 1.33. The van der Waals surface area contributed by atoms with Crippen molar-refractivity contribution in [3.63, 3.8) is 0 Å². The number of likely N-dealkylation sites (tertiary alicyclic amines) is 1. The number of aromatic nitrogens is 1. The number of sulfonamides is 1. The number of urea groups is 1. The number of piperidine rings is 1. The van der Waals surface area contributed by atoms with Gasteiger partial charge < -0.3 is 15.5 Å². The quantitative estimate of drug-likeness (QED) is 0.526. The van der Waals surface area contributed by atoms with Crippen molar-refractivity contribution in [2.75, 3.05) is 31.5 Å². The number of pyridine rings is 1. The Balaban J connectivity index is 1.30. The summed E-state index contributed by atoms with van der Waals surface area (Å²) < 4.78 is 67.8. The molecule has 2 N–H and O–H groups in total. The maximum absolute atomic E-state index is 13.4. The zero-order chi connectivity index (χ0) is 26.8. The summed E-state index contributed by atoms with van der Waals surface area (Å²) >= 11 is 0. The van der Waals surface area contributed by atoms with Crippen LogP contribution in [0.25, 0.3) is 0 Å². The van der Waals surface area contributed by atoms with Gasteiger partial charge in [0.05, 0.1) is 10.5 Å². The Morgan fingerprint density at radius 3 is 2.27 bits per heavy atom. The summed E-state index contributed by atoms with van der Waals surface area (Å²) in [7, 11) is -4.06. The van der Waals surface area contributed by atoms with Crippen LogP contribution in [0.1, 0.15) is 42.6 Å². The minimum absolute atomic E-state index is 0.165. The number of amides is 2. The summed E-state index contributed by atoms with van der Waals surface area (Å²) in [5.74, 6) is 0. The Kier molecular flexibility index (Phi) is 8.10. The van der Waals surface area contributed by atoms with E-state index >= 15 is 0 Å². The predicted octanol–water partition coefficient (Wildman–Crippen LogP) is 4.16. The molecule has 202 valence electrons. The van der Waals surface area contributed by atoms with E-state index in [-0.39, 0.29) is 23.0 Å². The normalized spacial score (nSPS) is 17.7. The fourth-order valence-electron chi connectivity index (χ4n) is 4.78. The van der Waals surface area contributed by atoms with Crippen LogP contribution in [0, 0.1) is 13.8 Å². The summed E-state index contributed by atoms with van der Waals surface area (Å²) in [6.45, 7) is 6.02. The van der Waals surface area contributed by atoms with Gasteiger partial charge in [0, 0.05) is 42.2 Å². The zero-order valence-corrected chi connectivity index (χ0v) is 21.7. The van der Waals surface area contributed by atoms with Gasteiger partial charge in [-0.2, -0.15) is 17.5 Å². The first-order valence-electron chi connectivity index (χ1n) is 12.4. The molecule has 4 rings (SSSR count). The number of benzene rings is 1. The first-order valence-corrected chi connectivity index (χ1v) is 13.8. The van der Waals surface area contributed by atoms with Gasteiger partial charge >= 0.3 is 12.2 Å². The van der Waals surface area contributed by atoms with Gasteiger partial charge in [0.25, 0.3) is 0 Å². The summed E-state index contributed by atoms with van der Waals surface area (Å²) in [6, 6.07) is 6.82. The van der Waals surface area contributed by atoms with Gasteiger partial charge in [-0.25, -0.2) is 13.2 Å². The minimum Gasteiger partial charge on any atom is -0.337 e. The molecule has 0 unspecified atom stereocenters. The van der Waals surface area contributed by atoms with Crippen LogP contribution in [0.5, 0.6) is 0 Å². The van der Waals surface area contributed by atoms with E-state index < -0.39 is 21.8 Å². The van der Waals surface area contributed by atoms with Crippen LogP contribution in [0.3, 0.4) is 0 Å². The Bertz CT molecular complexity index is 1210. The zero-order valence-electron chi connectivity index (χ0n) is 20.9. The second-order valence-electron chi connectivity index (χ2n) is 9.68. The van der Waals surface area contributed by atoms with E-state index in [0.717, 1.165) is 29.6 Å². The van der Waals surface area contributed by atoms with Crippen LogP contribution in [-0.2, 0) is 16.2 Å². The Labute approximate surface area is 215 Å². The molecule has 8 nitrogen and oxygen atoms in total. The topological polar surface area (TPSA) is 94.6 Å². The van der Waals surface area contributed by atoms with Gasteiger partial charge in [0.1, 0.15) is 0 Å². The lowest BCUT2D eigenvalue weighted by Crippen LogP contribution is -2.49. The number of aryl methyl sites for hydroxylation is 2. The molecule has 1 saturated heterocycles.